The topological polar surface area (TPSA) is 60.3 Å². The standard InChI is InChI=1S/C17H22N2O4S2/c1-22-15-5-6-16(23-2)14(12-15)13-18-7-9-19(10-8-18)25(20,21)17-4-3-11-24-17/h3-6,11-12H,7-10,13H2,1-2H3/p+1. The fourth-order valence-corrected chi connectivity index (χ4v) is 5.63. The lowest BCUT2D eigenvalue weighted by Gasteiger charge is -2.31. The van der Waals surface area contributed by atoms with E-state index in [4.69, 9.17) is 9.47 Å². The summed E-state index contributed by atoms with van der Waals surface area (Å²) in [5, 5.41) is 1.80. The summed E-state index contributed by atoms with van der Waals surface area (Å²) in [6.07, 6.45) is 0. The van der Waals surface area contributed by atoms with Gasteiger partial charge < -0.3 is 14.4 Å². The largest absolute Gasteiger partial charge is 0.497 e. The zero-order valence-electron chi connectivity index (χ0n) is 14.4. The van der Waals surface area contributed by atoms with E-state index in [0.717, 1.165) is 36.7 Å². The molecule has 1 aromatic carbocycles. The molecule has 25 heavy (non-hydrogen) atoms. The number of nitrogens with zero attached hydrogens (tertiary/aromatic N) is 1. The van der Waals surface area contributed by atoms with E-state index in [-0.39, 0.29) is 0 Å². The number of rotatable bonds is 6. The molecule has 2 aromatic rings. The van der Waals surface area contributed by atoms with Crippen LogP contribution in [0.2, 0.25) is 0 Å². The van der Waals surface area contributed by atoms with E-state index in [0.29, 0.717) is 17.3 Å². The quantitative estimate of drug-likeness (QED) is 0.804. The van der Waals surface area contributed by atoms with Crippen LogP contribution >= 0.6 is 11.3 Å². The van der Waals surface area contributed by atoms with Gasteiger partial charge in [-0.05, 0) is 29.6 Å². The second kappa shape index (κ2) is 7.74. The van der Waals surface area contributed by atoms with Gasteiger partial charge in [-0.25, -0.2) is 8.42 Å². The highest BCUT2D eigenvalue weighted by molar-refractivity contribution is 7.91. The number of hydrogen-bond acceptors (Lipinski definition) is 5. The first-order chi connectivity index (χ1) is 12.0. The molecule has 0 atom stereocenters. The summed E-state index contributed by atoms with van der Waals surface area (Å²) in [5.41, 5.74) is 1.08. The van der Waals surface area contributed by atoms with Crippen molar-refractivity contribution in [3.8, 4) is 11.5 Å². The number of ether oxygens (including phenoxy) is 2. The number of benzene rings is 1. The van der Waals surface area contributed by atoms with Crippen molar-refractivity contribution in [3.63, 3.8) is 0 Å². The third kappa shape index (κ3) is 3.98. The molecule has 136 valence electrons. The van der Waals surface area contributed by atoms with Gasteiger partial charge in [0.2, 0.25) is 0 Å². The zero-order chi connectivity index (χ0) is 17.9. The summed E-state index contributed by atoms with van der Waals surface area (Å²) in [7, 11) is -0.0403. The van der Waals surface area contributed by atoms with Gasteiger partial charge in [0, 0.05) is 0 Å². The molecule has 0 bridgehead atoms. The van der Waals surface area contributed by atoms with E-state index in [2.05, 4.69) is 0 Å². The summed E-state index contributed by atoms with van der Waals surface area (Å²) in [6.45, 7) is 3.38. The molecule has 8 heteroatoms. The molecule has 1 saturated heterocycles. The number of methoxy groups -OCH3 is 2. The molecule has 0 amide bonds. The lowest BCUT2D eigenvalue weighted by molar-refractivity contribution is -0.917. The second-order valence-electron chi connectivity index (χ2n) is 5.94. The van der Waals surface area contributed by atoms with Gasteiger partial charge in [0.15, 0.2) is 0 Å². The molecule has 1 aliphatic heterocycles. The van der Waals surface area contributed by atoms with E-state index in [1.807, 2.05) is 18.2 Å². The number of nitrogens with one attached hydrogen (secondary N) is 1. The van der Waals surface area contributed by atoms with E-state index in [1.54, 1.807) is 36.0 Å². The molecular weight excluding hydrogens is 360 g/mol. The van der Waals surface area contributed by atoms with Crippen LogP contribution in [0, 0.1) is 0 Å². The summed E-state index contributed by atoms with van der Waals surface area (Å²) in [5.74, 6) is 1.64. The number of quaternary nitrogens is 1. The number of hydrogen-bond donors (Lipinski definition) is 1. The first-order valence-electron chi connectivity index (χ1n) is 8.12. The van der Waals surface area contributed by atoms with Crippen LogP contribution < -0.4 is 14.4 Å². The molecule has 1 aliphatic rings. The lowest BCUT2D eigenvalue weighted by atomic mass is 10.1. The van der Waals surface area contributed by atoms with Gasteiger partial charge in [0.25, 0.3) is 10.0 Å². The predicted molar refractivity (Wildman–Crippen MR) is 97.0 cm³/mol. The first kappa shape index (κ1) is 18.2. The average Bonchev–Trinajstić information content (AvgIpc) is 3.17. The fraction of sp³-hybridized carbons (Fsp3) is 0.412. The van der Waals surface area contributed by atoms with Crippen LogP contribution in [-0.4, -0.2) is 53.1 Å². The highest BCUT2D eigenvalue weighted by Gasteiger charge is 2.31. The average molecular weight is 384 g/mol. The number of thiophene rings is 1. The van der Waals surface area contributed by atoms with Crippen LogP contribution in [0.25, 0.3) is 0 Å². The predicted octanol–water partition coefficient (Wildman–Crippen LogP) is 0.855. The van der Waals surface area contributed by atoms with Crippen LogP contribution in [0.15, 0.2) is 39.9 Å². The Balaban J connectivity index is 1.65. The third-order valence-electron chi connectivity index (χ3n) is 4.45. The lowest BCUT2D eigenvalue weighted by Crippen LogP contribution is -3.13. The van der Waals surface area contributed by atoms with Crippen molar-refractivity contribution >= 4 is 21.4 Å². The summed E-state index contributed by atoms with van der Waals surface area (Å²) in [4.78, 5) is 1.34. The summed E-state index contributed by atoms with van der Waals surface area (Å²) in [6, 6.07) is 9.21. The maximum absolute atomic E-state index is 12.6. The Morgan fingerprint density at radius 2 is 1.92 bits per heavy atom. The monoisotopic (exact) mass is 383 g/mol. The van der Waals surface area contributed by atoms with Gasteiger partial charge >= 0.3 is 0 Å². The smallest absolute Gasteiger partial charge is 0.252 e. The van der Waals surface area contributed by atoms with Gasteiger partial charge in [-0.15, -0.1) is 11.3 Å². The van der Waals surface area contributed by atoms with Crippen molar-refractivity contribution in [1.29, 1.82) is 0 Å². The van der Waals surface area contributed by atoms with Crippen molar-refractivity contribution in [3.05, 3.63) is 41.3 Å². The van der Waals surface area contributed by atoms with Crippen LogP contribution in [0.5, 0.6) is 11.5 Å². The van der Waals surface area contributed by atoms with Gasteiger partial charge in [-0.3, -0.25) is 0 Å². The van der Waals surface area contributed by atoms with Crippen LogP contribution in [-0.2, 0) is 16.6 Å². The van der Waals surface area contributed by atoms with Gasteiger partial charge in [-0.1, -0.05) is 6.07 Å². The molecule has 0 unspecified atom stereocenters. The minimum absolute atomic E-state index is 0.422. The molecule has 1 N–H and O–H groups in total. The maximum atomic E-state index is 12.6. The molecule has 1 fully saturated rings. The highest BCUT2D eigenvalue weighted by Crippen LogP contribution is 2.24. The molecule has 0 saturated carbocycles. The van der Waals surface area contributed by atoms with E-state index >= 15 is 0 Å². The van der Waals surface area contributed by atoms with E-state index < -0.39 is 10.0 Å². The van der Waals surface area contributed by atoms with Crippen molar-refractivity contribution < 1.29 is 22.8 Å². The Labute approximate surface area is 152 Å². The molecule has 3 rings (SSSR count). The van der Waals surface area contributed by atoms with Gasteiger partial charge in [0.05, 0.1) is 46.0 Å². The fourth-order valence-electron chi connectivity index (χ4n) is 3.05. The van der Waals surface area contributed by atoms with Crippen LogP contribution in [0.3, 0.4) is 0 Å². The van der Waals surface area contributed by atoms with Gasteiger partial charge in [0.1, 0.15) is 22.3 Å². The minimum atomic E-state index is -3.34. The Hall–Kier alpha value is -1.61. The molecule has 0 radical (unpaired) electrons. The van der Waals surface area contributed by atoms with Gasteiger partial charge in [-0.2, -0.15) is 4.31 Å². The molecule has 0 spiro atoms. The minimum Gasteiger partial charge on any atom is -0.497 e. The summed E-state index contributed by atoms with van der Waals surface area (Å²) >= 11 is 1.27. The van der Waals surface area contributed by atoms with Crippen LogP contribution in [0.1, 0.15) is 5.56 Å². The maximum Gasteiger partial charge on any atom is 0.252 e. The Morgan fingerprint density at radius 1 is 1.16 bits per heavy atom. The van der Waals surface area contributed by atoms with Crippen molar-refractivity contribution in [2.75, 3.05) is 40.4 Å². The van der Waals surface area contributed by atoms with Crippen LogP contribution in [0.4, 0.5) is 0 Å². The first-order valence-corrected chi connectivity index (χ1v) is 10.4. The van der Waals surface area contributed by atoms with E-state index in [9.17, 15) is 8.42 Å². The molecule has 6 nitrogen and oxygen atoms in total. The normalized spacial score (nSPS) is 16.7. The Kier molecular flexibility index (Phi) is 5.63. The molecule has 0 aliphatic carbocycles. The molecule has 1 aromatic heterocycles. The van der Waals surface area contributed by atoms with E-state index in [1.165, 1.54) is 16.2 Å². The third-order valence-corrected chi connectivity index (χ3v) is 7.72. The summed E-state index contributed by atoms with van der Waals surface area (Å²) < 4.78 is 37.9. The van der Waals surface area contributed by atoms with Crippen molar-refractivity contribution in [2.24, 2.45) is 0 Å². The molecule has 2 heterocycles. The Bertz CT molecular complexity index is 798. The Morgan fingerprint density at radius 3 is 2.52 bits per heavy atom. The zero-order valence-corrected chi connectivity index (χ0v) is 16.0. The number of sulfonamides is 1. The second-order valence-corrected chi connectivity index (χ2v) is 9.05. The SMILES string of the molecule is COc1ccc(OC)c(C[NH+]2CCN(S(=O)(=O)c3cccs3)CC2)c1. The number of piperazine rings is 1. The molecular formula is C17H23N2O4S2+. The highest BCUT2D eigenvalue weighted by atomic mass is 32.2. The van der Waals surface area contributed by atoms with Crippen molar-refractivity contribution in [2.45, 2.75) is 10.8 Å². The van der Waals surface area contributed by atoms with Crippen molar-refractivity contribution in [1.82, 2.24) is 4.31 Å².